The highest BCUT2D eigenvalue weighted by atomic mass is 19.1. The van der Waals surface area contributed by atoms with E-state index in [9.17, 15) is 23.7 Å². The first-order valence-corrected chi connectivity index (χ1v) is 5.63. The number of nitro benzene ring substituents is 1. The smallest absolute Gasteiger partial charge is 0.308 e. The van der Waals surface area contributed by atoms with Crippen molar-refractivity contribution < 1.29 is 18.5 Å². The molecule has 0 saturated heterocycles. The second-order valence-corrected chi connectivity index (χ2v) is 4.62. The molecule has 1 amide bonds. The Morgan fingerprint density at radius 3 is 2.47 bits per heavy atom. The predicted octanol–water partition coefficient (Wildman–Crippen LogP) is 2.60. The predicted molar refractivity (Wildman–Crippen MR) is 64.8 cm³/mol. The average Bonchev–Trinajstić information content (AvgIpc) is 2.29. The van der Waals surface area contributed by atoms with Crippen molar-refractivity contribution in [3.63, 3.8) is 0 Å². The minimum absolute atomic E-state index is 0.139. The van der Waals surface area contributed by atoms with E-state index in [1.165, 1.54) is 11.9 Å². The molecule has 0 bridgehead atoms. The number of halogens is 2. The standard InChI is InChI=1S/C12H14F2N2O3/c1-7(2)6-15(3)12(17)9-4-8(13)5-10(11(9)14)16(18)19/h4-5,7H,6H2,1-3H3. The van der Waals surface area contributed by atoms with Gasteiger partial charge in [0.15, 0.2) is 0 Å². The molecule has 0 aliphatic rings. The Morgan fingerprint density at radius 1 is 1.42 bits per heavy atom. The van der Waals surface area contributed by atoms with Gasteiger partial charge in [-0.2, -0.15) is 4.39 Å². The van der Waals surface area contributed by atoms with Crippen molar-refractivity contribution in [2.45, 2.75) is 13.8 Å². The van der Waals surface area contributed by atoms with E-state index in [2.05, 4.69) is 0 Å². The summed E-state index contributed by atoms with van der Waals surface area (Å²) in [5.41, 5.74) is -1.67. The fourth-order valence-electron chi connectivity index (χ4n) is 1.70. The van der Waals surface area contributed by atoms with Crippen molar-refractivity contribution in [3.8, 4) is 0 Å². The van der Waals surface area contributed by atoms with E-state index in [1.54, 1.807) is 0 Å². The number of carbonyl (C=O) groups is 1. The highest BCUT2D eigenvalue weighted by Crippen LogP contribution is 2.23. The zero-order valence-electron chi connectivity index (χ0n) is 10.8. The van der Waals surface area contributed by atoms with Crippen LogP contribution in [0.3, 0.4) is 0 Å². The van der Waals surface area contributed by atoms with Gasteiger partial charge >= 0.3 is 5.69 Å². The third-order valence-electron chi connectivity index (χ3n) is 2.43. The van der Waals surface area contributed by atoms with E-state index in [0.717, 1.165) is 0 Å². The van der Waals surface area contributed by atoms with Crippen LogP contribution in [0.25, 0.3) is 0 Å². The molecule has 19 heavy (non-hydrogen) atoms. The zero-order chi connectivity index (χ0) is 14.7. The van der Waals surface area contributed by atoms with Gasteiger partial charge in [0, 0.05) is 13.6 Å². The van der Waals surface area contributed by atoms with Gasteiger partial charge in [-0.25, -0.2) is 4.39 Å². The fraction of sp³-hybridized carbons (Fsp3) is 0.417. The molecule has 1 aromatic carbocycles. The van der Waals surface area contributed by atoms with E-state index >= 15 is 0 Å². The quantitative estimate of drug-likeness (QED) is 0.625. The van der Waals surface area contributed by atoms with Crippen molar-refractivity contribution in [1.29, 1.82) is 0 Å². The number of hydrogen-bond donors (Lipinski definition) is 0. The van der Waals surface area contributed by atoms with Crippen LogP contribution < -0.4 is 0 Å². The Hall–Kier alpha value is -2.05. The third kappa shape index (κ3) is 3.46. The molecule has 5 nitrogen and oxygen atoms in total. The molecule has 0 aliphatic carbocycles. The second kappa shape index (κ2) is 5.73. The van der Waals surface area contributed by atoms with Crippen molar-refractivity contribution in [2.75, 3.05) is 13.6 Å². The first kappa shape index (κ1) is 15.0. The SMILES string of the molecule is CC(C)CN(C)C(=O)c1cc(F)cc([N+](=O)[O-])c1F. The number of benzene rings is 1. The van der Waals surface area contributed by atoms with Crippen LogP contribution in [0.2, 0.25) is 0 Å². The molecule has 0 radical (unpaired) electrons. The third-order valence-corrected chi connectivity index (χ3v) is 2.43. The molecule has 7 heteroatoms. The largest absolute Gasteiger partial charge is 0.341 e. The lowest BCUT2D eigenvalue weighted by molar-refractivity contribution is -0.387. The van der Waals surface area contributed by atoms with Gasteiger partial charge in [-0.15, -0.1) is 0 Å². The molecule has 1 rings (SSSR count). The van der Waals surface area contributed by atoms with Gasteiger partial charge < -0.3 is 4.90 Å². The van der Waals surface area contributed by atoms with Gasteiger partial charge in [0.25, 0.3) is 5.91 Å². The maximum atomic E-state index is 13.8. The molecule has 0 aliphatic heterocycles. The molecular formula is C12H14F2N2O3. The van der Waals surface area contributed by atoms with Crippen molar-refractivity contribution in [2.24, 2.45) is 5.92 Å². The summed E-state index contributed by atoms with van der Waals surface area (Å²) >= 11 is 0. The van der Waals surface area contributed by atoms with Crippen LogP contribution in [0.15, 0.2) is 12.1 Å². The number of hydrogen-bond acceptors (Lipinski definition) is 3. The summed E-state index contributed by atoms with van der Waals surface area (Å²) in [6.45, 7) is 4.05. The van der Waals surface area contributed by atoms with Crippen LogP contribution in [0.5, 0.6) is 0 Å². The molecule has 0 saturated carbocycles. The van der Waals surface area contributed by atoms with E-state index in [1.807, 2.05) is 13.8 Å². The first-order valence-electron chi connectivity index (χ1n) is 5.63. The number of nitrogens with zero attached hydrogens (tertiary/aromatic N) is 2. The second-order valence-electron chi connectivity index (χ2n) is 4.62. The van der Waals surface area contributed by atoms with Crippen LogP contribution in [-0.2, 0) is 0 Å². The van der Waals surface area contributed by atoms with Gasteiger partial charge in [0.05, 0.1) is 16.6 Å². The fourth-order valence-corrected chi connectivity index (χ4v) is 1.70. The lowest BCUT2D eigenvalue weighted by Gasteiger charge is -2.19. The van der Waals surface area contributed by atoms with E-state index < -0.39 is 33.7 Å². The van der Waals surface area contributed by atoms with Crippen LogP contribution in [-0.4, -0.2) is 29.3 Å². The highest BCUT2D eigenvalue weighted by Gasteiger charge is 2.26. The summed E-state index contributed by atoms with van der Waals surface area (Å²) in [4.78, 5) is 22.6. The normalized spacial score (nSPS) is 10.6. The van der Waals surface area contributed by atoms with Crippen molar-refractivity contribution in [3.05, 3.63) is 39.4 Å². The first-order chi connectivity index (χ1) is 8.73. The molecular weight excluding hydrogens is 258 g/mol. The molecule has 0 unspecified atom stereocenters. The topological polar surface area (TPSA) is 63.5 Å². The number of rotatable bonds is 4. The minimum Gasteiger partial charge on any atom is -0.341 e. The lowest BCUT2D eigenvalue weighted by atomic mass is 10.1. The summed E-state index contributed by atoms with van der Waals surface area (Å²) in [7, 11) is 1.43. The monoisotopic (exact) mass is 272 g/mol. The highest BCUT2D eigenvalue weighted by molar-refractivity contribution is 5.95. The molecule has 0 N–H and O–H groups in total. The minimum atomic E-state index is -1.31. The molecule has 104 valence electrons. The molecule has 0 atom stereocenters. The Kier molecular flexibility index (Phi) is 4.52. The van der Waals surface area contributed by atoms with Gasteiger partial charge in [0.1, 0.15) is 5.82 Å². The molecule has 0 fully saturated rings. The summed E-state index contributed by atoms with van der Waals surface area (Å²) in [6, 6.07) is 1.12. The maximum Gasteiger partial charge on any atom is 0.308 e. The van der Waals surface area contributed by atoms with Crippen molar-refractivity contribution >= 4 is 11.6 Å². The molecule has 1 aromatic rings. The molecule has 0 heterocycles. The van der Waals surface area contributed by atoms with E-state index in [-0.39, 0.29) is 5.92 Å². The van der Waals surface area contributed by atoms with E-state index in [4.69, 9.17) is 0 Å². The number of nitro groups is 1. The number of carbonyl (C=O) groups excluding carboxylic acids is 1. The van der Waals surface area contributed by atoms with Crippen LogP contribution in [0, 0.1) is 27.7 Å². The molecule has 0 aromatic heterocycles. The summed E-state index contributed by atoms with van der Waals surface area (Å²) in [5.74, 6) is -2.98. The van der Waals surface area contributed by atoms with Crippen molar-refractivity contribution in [1.82, 2.24) is 4.90 Å². The summed E-state index contributed by atoms with van der Waals surface area (Å²) in [6.07, 6.45) is 0. The van der Waals surface area contributed by atoms with Crippen LogP contribution in [0.4, 0.5) is 14.5 Å². The summed E-state index contributed by atoms with van der Waals surface area (Å²) < 4.78 is 27.0. The Morgan fingerprint density at radius 2 is 2.00 bits per heavy atom. The van der Waals surface area contributed by atoms with Gasteiger partial charge in [0.2, 0.25) is 5.82 Å². The van der Waals surface area contributed by atoms with Gasteiger partial charge in [-0.05, 0) is 12.0 Å². The Labute approximate surface area is 109 Å². The molecule has 0 spiro atoms. The number of amides is 1. The Bertz CT molecular complexity index is 518. The van der Waals surface area contributed by atoms with Gasteiger partial charge in [-0.3, -0.25) is 14.9 Å². The van der Waals surface area contributed by atoms with Gasteiger partial charge in [-0.1, -0.05) is 13.8 Å². The van der Waals surface area contributed by atoms with Crippen LogP contribution >= 0.6 is 0 Å². The zero-order valence-corrected chi connectivity index (χ0v) is 10.8. The summed E-state index contributed by atoms with van der Waals surface area (Å²) in [5, 5.41) is 10.6. The lowest BCUT2D eigenvalue weighted by Crippen LogP contribution is -2.31. The average molecular weight is 272 g/mol. The van der Waals surface area contributed by atoms with Crippen LogP contribution in [0.1, 0.15) is 24.2 Å². The maximum absolute atomic E-state index is 13.8. The Balaban J connectivity index is 3.20. The van der Waals surface area contributed by atoms with E-state index in [0.29, 0.717) is 18.7 Å².